The molecule has 7 nitrogen and oxygen atoms in total. The van der Waals surface area contributed by atoms with Gasteiger partial charge >= 0.3 is 0 Å². The SMILES string of the molecule is CCOc1ccccc1N1CCN(C(=O)c2cc(-c3ccccc3)n(-c3ccc4c(c3)OCO4)c2C)CC1. The molecule has 7 heteroatoms. The van der Waals surface area contributed by atoms with Crippen LogP contribution in [0.25, 0.3) is 16.9 Å². The number of fused-ring (bicyclic) bond motifs is 1. The molecular formula is C31H31N3O4. The number of para-hydroxylation sites is 2. The van der Waals surface area contributed by atoms with Gasteiger partial charge in [0.05, 0.1) is 23.6 Å². The number of ether oxygens (including phenoxy) is 3. The van der Waals surface area contributed by atoms with E-state index < -0.39 is 0 Å². The van der Waals surface area contributed by atoms with Crippen molar-refractivity contribution in [3.8, 4) is 34.2 Å². The lowest BCUT2D eigenvalue weighted by Gasteiger charge is -2.36. The lowest BCUT2D eigenvalue weighted by molar-refractivity contribution is 0.0746. The number of nitrogens with zero attached hydrogens (tertiary/aromatic N) is 3. The number of piperazine rings is 1. The molecule has 3 aromatic carbocycles. The van der Waals surface area contributed by atoms with Gasteiger partial charge in [-0.1, -0.05) is 42.5 Å². The third-order valence-electron chi connectivity index (χ3n) is 7.23. The number of rotatable bonds is 6. The monoisotopic (exact) mass is 509 g/mol. The summed E-state index contributed by atoms with van der Waals surface area (Å²) in [6, 6.07) is 26.2. The summed E-state index contributed by atoms with van der Waals surface area (Å²) in [6.45, 7) is 7.66. The molecule has 2 aliphatic rings. The van der Waals surface area contributed by atoms with E-state index in [1.165, 1.54) is 0 Å². The third-order valence-corrected chi connectivity index (χ3v) is 7.23. The van der Waals surface area contributed by atoms with E-state index in [0.717, 1.165) is 52.9 Å². The predicted octanol–water partition coefficient (Wildman–Crippen LogP) is 5.54. The summed E-state index contributed by atoms with van der Waals surface area (Å²) in [4.78, 5) is 18.1. The first-order valence-corrected chi connectivity index (χ1v) is 13.1. The number of aromatic nitrogens is 1. The molecule has 4 aromatic rings. The Hall–Kier alpha value is -4.39. The minimum absolute atomic E-state index is 0.0527. The average Bonchev–Trinajstić information content (AvgIpc) is 3.57. The predicted molar refractivity (Wildman–Crippen MR) is 148 cm³/mol. The number of hydrogen-bond acceptors (Lipinski definition) is 5. The van der Waals surface area contributed by atoms with Crippen molar-refractivity contribution in [1.82, 2.24) is 9.47 Å². The van der Waals surface area contributed by atoms with Crippen molar-refractivity contribution in [2.45, 2.75) is 13.8 Å². The smallest absolute Gasteiger partial charge is 0.255 e. The summed E-state index contributed by atoms with van der Waals surface area (Å²) >= 11 is 0. The zero-order chi connectivity index (χ0) is 26.1. The zero-order valence-corrected chi connectivity index (χ0v) is 21.7. The van der Waals surface area contributed by atoms with Crippen LogP contribution >= 0.6 is 0 Å². The highest BCUT2D eigenvalue weighted by Crippen LogP contribution is 2.37. The van der Waals surface area contributed by atoms with Gasteiger partial charge in [-0.3, -0.25) is 4.79 Å². The number of amides is 1. The Balaban J connectivity index is 1.30. The minimum Gasteiger partial charge on any atom is -0.492 e. The quantitative estimate of drug-likeness (QED) is 0.342. The van der Waals surface area contributed by atoms with Crippen LogP contribution in [0.1, 0.15) is 23.0 Å². The fourth-order valence-electron chi connectivity index (χ4n) is 5.32. The van der Waals surface area contributed by atoms with Crippen LogP contribution in [0.3, 0.4) is 0 Å². The Morgan fingerprint density at radius 1 is 0.868 bits per heavy atom. The van der Waals surface area contributed by atoms with Crippen molar-refractivity contribution < 1.29 is 19.0 Å². The summed E-state index contributed by atoms with van der Waals surface area (Å²) in [5, 5.41) is 0. The molecule has 1 aromatic heterocycles. The molecule has 6 rings (SSSR count). The van der Waals surface area contributed by atoms with Crippen LogP contribution < -0.4 is 19.1 Å². The minimum atomic E-state index is 0.0527. The fourth-order valence-corrected chi connectivity index (χ4v) is 5.32. The van der Waals surface area contributed by atoms with Crippen molar-refractivity contribution in [2.24, 2.45) is 0 Å². The number of anilines is 1. The van der Waals surface area contributed by atoms with Gasteiger partial charge in [-0.15, -0.1) is 0 Å². The van der Waals surface area contributed by atoms with E-state index in [1.807, 2.05) is 79.4 Å². The largest absolute Gasteiger partial charge is 0.492 e. The van der Waals surface area contributed by atoms with Gasteiger partial charge in [-0.05, 0) is 49.7 Å². The Labute approximate surface area is 222 Å². The van der Waals surface area contributed by atoms with Gasteiger partial charge < -0.3 is 28.6 Å². The molecule has 38 heavy (non-hydrogen) atoms. The highest BCUT2D eigenvalue weighted by Gasteiger charge is 2.28. The van der Waals surface area contributed by atoms with Gasteiger partial charge in [-0.2, -0.15) is 0 Å². The molecule has 0 unspecified atom stereocenters. The van der Waals surface area contributed by atoms with Crippen molar-refractivity contribution in [3.63, 3.8) is 0 Å². The van der Waals surface area contributed by atoms with Crippen LogP contribution in [0, 0.1) is 6.92 Å². The van der Waals surface area contributed by atoms with Crippen molar-refractivity contribution in [3.05, 3.63) is 90.1 Å². The Kier molecular flexibility index (Phi) is 6.42. The molecule has 0 atom stereocenters. The molecule has 1 amide bonds. The number of hydrogen-bond donors (Lipinski definition) is 0. The fraction of sp³-hybridized carbons (Fsp3) is 0.258. The molecule has 194 valence electrons. The molecule has 0 spiro atoms. The number of benzene rings is 3. The number of carbonyl (C=O) groups excluding carboxylic acids is 1. The summed E-state index contributed by atoms with van der Waals surface area (Å²) in [5.41, 5.74) is 5.64. The van der Waals surface area contributed by atoms with Gasteiger partial charge in [0, 0.05) is 43.6 Å². The van der Waals surface area contributed by atoms with E-state index in [4.69, 9.17) is 14.2 Å². The first-order valence-electron chi connectivity index (χ1n) is 13.1. The molecule has 0 saturated carbocycles. The lowest BCUT2D eigenvalue weighted by atomic mass is 10.1. The van der Waals surface area contributed by atoms with Crippen LogP contribution in [0.4, 0.5) is 5.69 Å². The molecule has 0 N–H and O–H groups in total. The first kappa shape index (κ1) is 24.0. The number of carbonyl (C=O) groups is 1. The standard InChI is InChI=1S/C31H31N3O4/c1-3-36-28-12-8-7-11-26(28)32-15-17-33(18-16-32)31(35)25-20-27(23-9-5-4-6-10-23)34(22(25)2)24-13-14-29-30(19-24)38-21-37-29/h4-14,19-20H,3,15-18,21H2,1-2H3. The van der Waals surface area contributed by atoms with Gasteiger partial charge in [-0.25, -0.2) is 0 Å². The molecule has 1 saturated heterocycles. The summed E-state index contributed by atoms with van der Waals surface area (Å²) in [7, 11) is 0. The Morgan fingerprint density at radius 2 is 1.61 bits per heavy atom. The summed E-state index contributed by atoms with van der Waals surface area (Å²) in [5.74, 6) is 2.39. The first-order chi connectivity index (χ1) is 18.6. The highest BCUT2D eigenvalue weighted by molar-refractivity contribution is 5.97. The molecule has 2 aliphatic heterocycles. The maximum absolute atomic E-state index is 13.9. The van der Waals surface area contributed by atoms with Gasteiger partial charge in [0.1, 0.15) is 5.75 Å². The van der Waals surface area contributed by atoms with Crippen LogP contribution in [-0.4, -0.2) is 55.0 Å². The van der Waals surface area contributed by atoms with Crippen molar-refractivity contribution >= 4 is 11.6 Å². The van der Waals surface area contributed by atoms with Crippen molar-refractivity contribution in [2.75, 3.05) is 44.5 Å². The molecule has 3 heterocycles. The van der Waals surface area contributed by atoms with E-state index in [-0.39, 0.29) is 12.7 Å². The Bertz CT molecular complexity index is 1460. The zero-order valence-electron chi connectivity index (χ0n) is 21.7. The molecule has 0 bridgehead atoms. The molecule has 0 aliphatic carbocycles. The summed E-state index contributed by atoms with van der Waals surface area (Å²) in [6.07, 6.45) is 0. The third kappa shape index (κ3) is 4.34. The van der Waals surface area contributed by atoms with Gasteiger partial charge in [0.25, 0.3) is 5.91 Å². The van der Waals surface area contributed by atoms with Crippen LogP contribution in [0.2, 0.25) is 0 Å². The van der Waals surface area contributed by atoms with Gasteiger partial charge in [0.15, 0.2) is 11.5 Å². The van der Waals surface area contributed by atoms with E-state index in [2.05, 4.69) is 27.7 Å². The van der Waals surface area contributed by atoms with E-state index in [1.54, 1.807) is 0 Å². The molecule has 0 radical (unpaired) electrons. The average molecular weight is 510 g/mol. The molecular weight excluding hydrogens is 478 g/mol. The van der Waals surface area contributed by atoms with E-state index >= 15 is 0 Å². The normalized spacial score (nSPS) is 14.6. The summed E-state index contributed by atoms with van der Waals surface area (Å²) < 4.78 is 19.1. The molecule has 1 fully saturated rings. The topological polar surface area (TPSA) is 56.2 Å². The van der Waals surface area contributed by atoms with E-state index in [9.17, 15) is 4.79 Å². The highest BCUT2D eigenvalue weighted by atomic mass is 16.7. The maximum atomic E-state index is 13.9. The maximum Gasteiger partial charge on any atom is 0.255 e. The Morgan fingerprint density at radius 3 is 2.39 bits per heavy atom. The van der Waals surface area contributed by atoms with Crippen molar-refractivity contribution in [1.29, 1.82) is 0 Å². The van der Waals surface area contributed by atoms with Crippen LogP contribution in [0.5, 0.6) is 17.2 Å². The van der Waals surface area contributed by atoms with E-state index in [0.29, 0.717) is 31.0 Å². The van der Waals surface area contributed by atoms with Crippen LogP contribution in [0.15, 0.2) is 78.9 Å². The van der Waals surface area contributed by atoms with Crippen LogP contribution in [-0.2, 0) is 0 Å². The second-order valence-corrected chi connectivity index (χ2v) is 9.45. The second kappa shape index (κ2) is 10.2. The second-order valence-electron chi connectivity index (χ2n) is 9.45. The lowest BCUT2D eigenvalue weighted by Crippen LogP contribution is -2.49. The van der Waals surface area contributed by atoms with Gasteiger partial charge in [0.2, 0.25) is 6.79 Å².